The van der Waals surface area contributed by atoms with Crippen LogP contribution in [0.1, 0.15) is 56.7 Å². The van der Waals surface area contributed by atoms with Crippen molar-refractivity contribution in [3.05, 3.63) is 59.9 Å². The molecule has 2 aromatic carbocycles. The first kappa shape index (κ1) is 23.4. The van der Waals surface area contributed by atoms with Crippen molar-refractivity contribution < 1.29 is 13.2 Å². The number of fused-ring (bicyclic) bond motifs is 1. The molecule has 1 aliphatic rings. The molecule has 7 nitrogen and oxygen atoms in total. The average Bonchev–Trinajstić information content (AvgIpc) is 3.25. The van der Waals surface area contributed by atoms with Crippen LogP contribution in [0.2, 0.25) is 0 Å². The first-order chi connectivity index (χ1) is 15.5. The number of amides is 1. The van der Waals surface area contributed by atoms with Crippen molar-refractivity contribution in [2.24, 2.45) is 0 Å². The Bertz CT molecular complexity index is 1280. The summed E-state index contributed by atoms with van der Waals surface area (Å²) < 4.78 is 29.8. The van der Waals surface area contributed by atoms with E-state index in [1.165, 1.54) is 4.31 Å². The third kappa shape index (κ3) is 4.54. The summed E-state index contributed by atoms with van der Waals surface area (Å²) in [6.45, 7) is 11.6. The molecule has 176 valence electrons. The van der Waals surface area contributed by atoms with Crippen LogP contribution >= 0.6 is 0 Å². The Morgan fingerprint density at radius 2 is 1.58 bits per heavy atom. The van der Waals surface area contributed by atoms with Gasteiger partial charge in [0.05, 0.1) is 10.4 Å². The Balaban J connectivity index is 1.50. The predicted octanol–water partition coefficient (Wildman–Crippen LogP) is 4.06. The molecule has 1 amide bonds. The molecule has 4 rings (SSSR count). The second-order valence-electron chi connectivity index (χ2n) is 9.90. The molecule has 0 radical (unpaired) electrons. The molecule has 1 fully saturated rings. The number of carbonyl (C=O) groups is 1. The van der Waals surface area contributed by atoms with Crippen molar-refractivity contribution in [2.75, 3.05) is 26.2 Å². The van der Waals surface area contributed by atoms with Crippen LogP contribution in [0.3, 0.4) is 0 Å². The Morgan fingerprint density at radius 3 is 2.15 bits per heavy atom. The van der Waals surface area contributed by atoms with E-state index in [4.69, 9.17) is 0 Å². The van der Waals surface area contributed by atoms with Gasteiger partial charge in [-0.05, 0) is 55.7 Å². The Hall–Kier alpha value is -2.71. The highest BCUT2D eigenvalue weighted by atomic mass is 32.2. The van der Waals surface area contributed by atoms with Crippen LogP contribution in [0.5, 0.6) is 0 Å². The first-order valence-electron chi connectivity index (χ1n) is 11.4. The highest BCUT2D eigenvalue weighted by Gasteiger charge is 2.32. The van der Waals surface area contributed by atoms with E-state index in [-0.39, 0.29) is 35.3 Å². The van der Waals surface area contributed by atoms with E-state index >= 15 is 0 Å². The summed E-state index contributed by atoms with van der Waals surface area (Å²) in [4.78, 5) is 15.2. The lowest BCUT2D eigenvalue weighted by Gasteiger charge is -2.33. The summed E-state index contributed by atoms with van der Waals surface area (Å²) in [5.74, 6) is 0.0878. The second-order valence-corrected chi connectivity index (χ2v) is 11.8. The van der Waals surface area contributed by atoms with Gasteiger partial charge in [0.15, 0.2) is 5.69 Å². The lowest BCUT2D eigenvalue weighted by atomic mass is 10.1. The van der Waals surface area contributed by atoms with Crippen molar-refractivity contribution in [1.29, 1.82) is 0 Å². The quantitative estimate of drug-likeness (QED) is 0.579. The minimum Gasteiger partial charge on any atom is -0.335 e. The number of piperazine rings is 1. The van der Waals surface area contributed by atoms with Crippen molar-refractivity contribution in [1.82, 2.24) is 19.0 Å². The van der Waals surface area contributed by atoms with Crippen molar-refractivity contribution in [3.63, 3.8) is 0 Å². The highest BCUT2D eigenvalue weighted by molar-refractivity contribution is 7.89. The van der Waals surface area contributed by atoms with Gasteiger partial charge in [-0.2, -0.15) is 9.40 Å². The molecule has 2 heterocycles. The van der Waals surface area contributed by atoms with Crippen LogP contribution in [0.4, 0.5) is 0 Å². The fraction of sp³-hybridized carbons (Fsp3) is 0.440. The number of benzene rings is 2. The van der Waals surface area contributed by atoms with Crippen molar-refractivity contribution in [3.8, 4) is 0 Å². The van der Waals surface area contributed by atoms with Crippen LogP contribution in [-0.2, 0) is 15.6 Å². The van der Waals surface area contributed by atoms with E-state index < -0.39 is 10.0 Å². The number of aromatic nitrogens is 2. The zero-order valence-corrected chi connectivity index (χ0v) is 20.8. The van der Waals surface area contributed by atoms with Crippen LogP contribution in [-0.4, -0.2) is 59.5 Å². The maximum absolute atomic E-state index is 13.2. The molecule has 8 heteroatoms. The van der Waals surface area contributed by atoms with Gasteiger partial charge in [-0.25, -0.2) is 8.42 Å². The van der Waals surface area contributed by atoms with Crippen LogP contribution in [0.25, 0.3) is 10.8 Å². The van der Waals surface area contributed by atoms with Gasteiger partial charge in [0.1, 0.15) is 0 Å². The van der Waals surface area contributed by atoms with Crippen molar-refractivity contribution in [2.45, 2.75) is 51.0 Å². The maximum atomic E-state index is 13.2. The Morgan fingerprint density at radius 1 is 0.939 bits per heavy atom. The number of sulfonamides is 1. The smallest absolute Gasteiger partial charge is 0.274 e. The van der Waals surface area contributed by atoms with Gasteiger partial charge in [0, 0.05) is 31.9 Å². The number of carbonyl (C=O) groups excluding carboxylic acids is 1. The van der Waals surface area contributed by atoms with Gasteiger partial charge in [-0.15, -0.1) is 0 Å². The number of hydrogen-bond acceptors (Lipinski definition) is 4. The van der Waals surface area contributed by atoms with E-state index in [9.17, 15) is 13.2 Å². The summed E-state index contributed by atoms with van der Waals surface area (Å²) in [7, 11) is -3.62. The summed E-state index contributed by atoms with van der Waals surface area (Å²) in [6, 6.07) is 14.8. The summed E-state index contributed by atoms with van der Waals surface area (Å²) in [6.07, 6.45) is 0. The fourth-order valence-electron chi connectivity index (χ4n) is 4.22. The highest BCUT2D eigenvalue weighted by Crippen LogP contribution is 2.26. The molecule has 1 saturated heterocycles. The zero-order chi connectivity index (χ0) is 24.0. The van der Waals surface area contributed by atoms with Gasteiger partial charge >= 0.3 is 0 Å². The molecule has 0 unspecified atom stereocenters. The van der Waals surface area contributed by atoms with E-state index in [2.05, 4.69) is 39.7 Å². The van der Waals surface area contributed by atoms with Crippen LogP contribution < -0.4 is 0 Å². The molecule has 0 N–H and O–H groups in total. The summed E-state index contributed by atoms with van der Waals surface area (Å²) in [5.41, 5.74) is 1.20. The predicted molar refractivity (Wildman–Crippen MR) is 130 cm³/mol. The van der Waals surface area contributed by atoms with Gasteiger partial charge in [-0.1, -0.05) is 44.2 Å². The lowest BCUT2D eigenvalue weighted by molar-refractivity contribution is 0.0690. The second kappa shape index (κ2) is 8.57. The van der Waals surface area contributed by atoms with Crippen LogP contribution in [0.15, 0.2) is 53.4 Å². The van der Waals surface area contributed by atoms with Gasteiger partial charge in [0.25, 0.3) is 5.91 Å². The van der Waals surface area contributed by atoms with Crippen LogP contribution in [0, 0.1) is 0 Å². The van der Waals surface area contributed by atoms with Gasteiger partial charge in [0.2, 0.25) is 10.0 Å². The molecular weight excluding hydrogens is 436 g/mol. The Kier molecular flexibility index (Phi) is 6.09. The first-order valence-corrected chi connectivity index (χ1v) is 12.8. The molecule has 33 heavy (non-hydrogen) atoms. The monoisotopic (exact) mass is 468 g/mol. The third-order valence-corrected chi connectivity index (χ3v) is 7.96. The zero-order valence-electron chi connectivity index (χ0n) is 19.9. The molecular formula is C25H32N4O3S. The molecule has 0 saturated carbocycles. The topological polar surface area (TPSA) is 75.5 Å². The normalized spacial score (nSPS) is 16.0. The maximum Gasteiger partial charge on any atom is 0.274 e. The van der Waals surface area contributed by atoms with E-state index in [0.717, 1.165) is 16.5 Å². The van der Waals surface area contributed by atoms with E-state index in [1.807, 2.05) is 41.1 Å². The number of nitrogens with zero attached hydrogens (tertiary/aromatic N) is 4. The molecule has 0 aliphatic carbocycles. The third-order valence-electron chi connectivity index (χ3n) is 6.07. The molecule has 3 aromatic rings. The Labute approximate surface area is 196 Å². The van der Waals surface area contributed by atoms with Gasteiger partial charge in [-0.3, -0.25) is 9.48 Å². The lowest BCUT2D eigenvalue weighted by Crippen LogP contribution is -2.50. The molecule has 1 aromatic heterocycles. The minimum absolute atomic E-state index is 0.150. The molecule has 1 aliphatic heterocycles. The number of hydrogen-bond donors (Lipinski definition) is 0. The summed E-state index contributed by atoms with van der Waals surface area (Å²) >= 11 is 0. The van der Waals surface area contributed by atoms with Gasteiger partial charge < -0.3 is 4.90 Å². The van der Waals surface area contributed by atoms with E-state index in [0.29, 0.717) is 18.8 Å². The SMILES string of the molecule is CC(C)c1cc(C(=O)N2CCN(S(=O)(=O)c3ccc4ccccc4c3)CC2)nn1C(C)(C)C. The van der Waals surface area contributed by atoms with E-state index in [1.54, 1.807) is 17.0 Å². The average molecular weight is 469 g/mol. The fourth-order valence-corrected chi connectivity index (χ4v) is 5.68. The largest absolute Gasteiger partial charge is 0.335 e. The number of rotatable bonds is 4. The standard InChI is InChI=1S/C25H32N4O3S/c1-18(2)23-17-22(26-29(23)25(3,4)5)24(30)27-12-14-28(15-13-27)33(31,32)21-11-10-19-8-6-7-9-20(19)16-21/h6-11,16-18H,12-15H2,1-5H3. The summed E-state index contributed by atoms with van der Waals surface area (Å²) in [5, 5.41) is 6.51. The van der Waals surface area contributed by atoms with Crippen molar-refractivity contribution >= 4 is 26.7 Å². The molecule has 0 bridgehead atoms. The minimum atomic E-state index is -3.62. The molecule has 0 atom stereocenters. The molecule has 0 spiro atoms.